The minimum atomic E-state index is -4.64. The van der Waals surface area contributed by atoms with Gasteiger partial charge in [-0.3, -0.25) is 9.59 Å². The molecule has 6 nitrogen and oxygen atoms in total. The predicted octanol–water partition coefficient (Wildman–Crippen LogP) is 4.11. The van der Waals surface area contributed by atoms with E-state index in [4.69, 9.17) is 11.6 Å². The van der Waals surface area contributed by atoms with Crippen molar-refractivity contribution in [1.29, 1.82) is 0 Å². The number of piperazine rings is 1. The molecular weight excluding hydrogens is 433 g/mol. The molecule has 0 radical (unpaired) electrons. The molecule has 10 heteroatoms. The predicted molar refractivity (Wildman–Crippen MR) is 107 cm³/mol. The molecule has 2 aromatic heterocycles. The minimum absolute atomic E-state index is 0.0673. The number of carbonyl (C=O) groups excluding carboxylic acids is 2. The van der Waals surface area contributed by atoms with Gasteiger partial charge in [-0.2, -0.15) is 18.3 Å². The van der Waals surface area contributed by atoms with Crippen molar-refractivity contribution in [2.24, 2.45) is 0 Å². The van der Waals surface area contributed by atoms with Crippen molar-refractivity contribution in [3.63, 3.8) is 0 Å². The summed E-state index contributed by atoms with van der Waals surface area (Å²) in [5.74, 6) is -0.676. The molecule has 1 aliphatic heterocycles. The Morgan fingerprint density at radius 2 is 1.81 bits per heavy atom. The van der Waals surface area contributed by atoms with Gasteiger partial charge in [-0.25, -0.2) is 4.52 Å². The second-order valence-corrected chi connectivity index (χ2v) is 9.04. The lowest BCUT2D eigenvalue weighted by atomic mass is 10.1. The SMILES string of the molecule is O=C(c1nn2c(C(F)(F)F)cc(C3CC3)cc2c1Cl)N1CCN(C2CCCC2)C(=O)C1. The topological polar surface area (TPSA) is 57.9 Å². The Labute approximate surface area is 181 Å². The van der Waals surface area contributed by atoms with Crippen LogP contribution in [0, 0.1) is 0 Å². The first-order chi connectivity index (χ1) is 14.7. The zero-order valence-corrected chi connectivity index (χ0v) is 17.5. The Morgan fingerprint density at radius 1 is 1.10 bits per heavy atom. The summed E-state index contributed by atoms with van der Waals surface area (Å²) in [7, 11) is 0. The third-order valence-electron chi connectivity index (χ3n) is 6.55. The van der Waals surface area contributed by atoms with Crippen molar-refractivity contribution in [2.45, 2.75) is 56.7 Å². The smallest absolute Gasteiger partial charge is 0.336 e. The van der Waals surface area contributed by atoms with E-state index in [0.29, 0.717) is 23.2 Å². The maximum Gasteiger partial charge on any atom is 0.433 e. The molecule has 31 heavy (non-hydrogen) atoms. The minimum Gasteiger partial charge on any atom is -0.336 e. The summed E-state index contributed by atoms with van der Waals surface area (Å²) < 4.78 is 41.7. The lowest BCUT2D eigenvalue weighted by Crippen LogP contribution is -2.55. The molecular formula is C21H22ClF3N4O2. The van der Waals surface area contributed by atoms with Gasteiger partial charge in [0.2, 0.25) is 5.91 Å². The maximum atomic E-state index is 13.7. The highest BCUT2D eigenvalue weighted by atomic mass is 35.5. The number of hydrogen-bond donors (Lipinski definition) is 0. The number of hydrogen-bond acceptors (Lipinski definition) is 3. The zero-order valence-electron chi connectivity index (χ0n) is 16.8. The first kappa shape index (κ1) is 20.6. The number of amides is 2. The molecule has 0 aromatic carbocycles. The quantitative estimate of drug-likeness (QED) is 0.701. The van der Waals surface area contributed by atoms with Crippen LogP contribution in [0.2, 0.25) is 5.02 Å². The summed E-state index contributed by atoms with van der Waals surface area (Å²) in [6.07, 6.45) is 1.16. The standard InChI is InChI=1S/C21H22ClF3N4O2/c22-18-15-9-13(12-5-6-12)10-16(21(23,24)25)29(15)26-19(18)20(31)27-7-8-28(17(30)11-27)14-3-1-2-4-14/h9-10,12,14H,1-8,11H2. The second-order valence-electron chi connectivity index (χ2n) is 8.66. The van der Waals surface area contributed by atoms with E-state index in [1.807, 2.05) is 4.90 Å². The maximum absolute atomic E-state index is 13.7. The summed E-state index contributed by atoms with van der Waals surface area (Å²) >= 11 is 6.37. The normalized spacial score (nSPS) is 20.8. The number of aromatic nitrogens is 2. The van der Waals surface area contributed by atoms with Crippen LogP contribution in [0.5, 0.6) is 0 Å². The number of pyridine rings is 1. The van der Waals surface area contributed by atoms with E-state index >= 15 is 0 Å². The van der Waals surface area contributed by atoms with Gasteiger partial charge < -0.3 is 9.80 Å². The third-order valence-corrected chi connectivity index (χ3v) is 6.92. The van der Waals surface area contributed by atoms with Crippen molar-refractivity contribution >= 4 is 28.9 Å². The van der Waals surface area contributed by atoms with Gasteiger partial charge in [-0.15, -0.1) is 0 Å². The van der Waals surface area contributed by atoms with Gasteiger partial charge in [0.15, 0.2) is 5.69 Å². The van der Waals surface area contributed by atoms with Crippen LogP contribution < -0.4 is 0 Å². The highest BCUT2D eigenvalue weighted by Gasteiger charge is 2.39. The summed E-state index contributed by atoms with van der Waals surface area (Å²) in [5.41, 5.74) is -0.573. The average Bonchev–Trinajstić information content (AvgIpc) is 3.33. The molecule has 2 aromatic rings. The summed E-state index contributed by atoms with van der Waals surface area (Å²) in [5, 5.41) is 3.84. The van der Waals surface area contributed by atoms with Gasteiger partial charge in [0.05, 0.1) is 10.5 Å². The Bertz CT molecular complexity index is 1060. The number of fused-ring (bicyclic) bond motifs is 1. The summed E-state index contributed by atoms with van der Waals surface area (Å²) in [6, 6.07) is 2.90. The monoisotopic (exact) mass is 454 g/mol. The van der Waals surface area contributed by atoms with E-state index in [1.165, 1.54) is 4.90 Å². The Kier molecular flexibility index (Phi) is 4.91. The highest BCUT2D eigenvalue weighted by molar-refractivity contribution is 6.36. The molecule has 2 saturated carbocycles. The van der Waals surface area contributed by atoms with Crippen molar-refractivity contribution in [3.05, 3.63) is 34.1 Å². The van der Waals surface area contributed by atoms with Gasteiger partial charge in [0.1, 0.15) is 12.2 Å². The van der Waals surface area contributed by atoms with E-state index < -0.39 is 17.8 Å². The third kappa shape index (κ3) is 3.66. The van der Waals surface area contributed by atoms with Gasteiger partial charge in [0.25, 0.3) is 5.91 Å². The van der Waals surface area contributed by atoms with Crippen LogP contribution in [0.4, 0.5) is 13.2 Å². The molecule has 166 valence electrons. The Morgan fingerprint density at radius 3 is 2.42 bits per heavy atom. The fourth-order valence-electron chi connectivity index (χ4n) is 4.74. The van der Waals surface area contributed by atoms with Gasteiger partial charge >= 0.3 is 6.18 Å². The van der Waals surface area contributed by atoms with Crippen molar-refractivity contribution in [2.75, 3.05) is 19.6 Å². The lowest BCUT2D eigenvalue weighted by Gasteiger charge is -2.37. The number of rotatable bonds is 3. The van der Waals surface area contributed by atoms with Crippen molar-refractivity contribution < 1.29 is 22.8 Å². The fourth-order valence-corrected chi connectivity index (χ4v) is 4.99. The summed E-state index contributed by atoms with van der Waals surface area (Å²) in [6.45, 7) is 0.615. The fraction of sp³-hybridized carbons (Fsp3) is 0.571. The number of halogens is 4. The Hall–Kier alpha value is -2.29. The van der Waals surface area contributed by atoms with E-state index in [2.05, 4.69) is 5.10 Å². The molecule has 2 aliphatic carbocycles. The van der Waals surface area contributed by atoms with Gasteiger partial charge in [0, 0.05) is 19.1 Å². The molecule has 3 fully saturated rings. The molecule has 3 heterocycles. The van der Waals surface area contributed by atoms with Crippen LogP contribution in [0.3, 0.4) is 0 Å². The van der Waals surface area contributed by atoms with Crippen LogP contribution in [-0.4, -0.2) is 56.9 Å². The number of carbonyl (C=O) groups is 2. The second kappa shape index (κ2) is 7.39. The number of nitrogens with zero attached hydrogens (tertiary/aromatic N) is 4. The van der Waals surface area contributed by atoms with E-state index in [0.717, 1.165) is 44.6 Å². The molecule has 0 atom stereocenters. The number of alkyl halides is 3. The van der Waals surface area contributed by atoms with E-state index in [-0.39, 0.29) is 40.6 Å². The summed E-state index contributed by atoms with van der Waals surface area (Å²) in [4.78, 5) is 28.8. The van der Waals surface area contributed by atoms with Crippen molar-refractivity contribution in [3.8, 4) is 0 Å². The first-order valence-electron chi connectivity index (χ1n) is 10.6. The van der Waals surface area contributed by atoms with Crippen LogP contribution in [0.25, 0.3) is 5.52 Å². The van der Waals surface area contributed by atoms with E-state index in [1.54, 1.807) is 6.07 Å². The molecule has 0 N–H and O–H groups in total. The molecule has 1 saturated heterocycles. The zero-order chi connectivity index (χ0) is 21.9. The molecule has 3 aliphatic rings. The molecule has 2 amide bonds. The van der Waals surface area contributed by atoms with Crippen LogP contribution in [0.15, 0.2) is 12.1 Å². The molecule has 0 bridgehead atoms. The van der Waals surface area contributed by atoms with Crippen LogP contribution >= 0.6 is 11.6 Å². The Balaban J connectivity index is 1.45. The lowest BCUT2D eigenvalue weighted by molar-refractivity contribution is -0.142. The molecule has 5 rings (SSSR count). The molecule has 0 spiro atoms. The van der Waals surface area contributed by atoms with E-state index in [9.17, 15) is 22.8 Å². The highest BCUT2D eigenvalue weighted by Crippen LogP contribution is 2.43. The largest absolute Gasteiger partial charge is 0.433 e. The average molecular weight is 455 g/mol. The molecule has 0 unspecified atom stereocenters. The van der Waals surface area contributed by atoms with Crippen LogP contribution in [-0.2, 0) is 11.0 Å². The van der Waals surface area contributed by atoms with Crippen LogP contribution in [0.1, 0.15) is 66.2 Å². The van der Waals surface area contributed by atoms with Crippen molar-refractivity contribution in [1.82, 2.24) is 19.4 Å². The first-order valence-corrected chi connectivity index (χ1v) is 11.0. The van der Waals surface area contributed by atoms with Gasteiger partial charge in [-0.05, 0) is 49.3 Å². The van der Waals surface area contributed by atoms with Gasteiger partial charge in [-0.1, -0.05) is 24.4 Å².